The van der Waals surface area contributed by atoms with Crippen LogP contribution >= 0.6 is 0 Å². The number of aryl methyl sites for hydroxylation is 1. The van der Waals surface area contributed by atoms with Gasteiger partial charge in [-0.05, 0) is 62.6 Å². The average molecular weight is 371 g/mol. The molecule has 0 aromatic heterocycles. The van der Waals surface area contributed by atoms with E-state index in [0.29, 0.717) is 5.92 Å². The Morgan fingerprint density at radius 2 is 1.85 bits per heavy atom. The molecule has 4 nitrogen and oxygen atoms in total. The van der Waals surface area contributed by atoms with Crippen LogP contribution in [0.2, 0.25) is 0 Å². The average Bonchev–Trinajstić information content (AvgIpc) is 3.41. The van der Waals surface area contributed by atoms with Gasteiger partial charge in [0.15, 0.2) is 0 Å². The van der Waals surface area contributed by atoms with Crippen molar-refractivity contribution in [2.24, 2.45) is 17.3 Å². The first kappa shape index (κ1) is 18.9. The van der Waals surface area contributed by atoms with E-state index in [0.717, 1.165) is 51.9 Å². The lowest BCUT2D eigenvalue weighted by molar-refractivity contribution is -0.128. The van der Waals surface area contributed by atoms with Crippen LogP contribution in [0.1, 0.15) is 43.7 Å². The monoisotopic (exact) mass is 370 g/mol. The van der Waals surface area contributed by atoms with Gasteiger partial charge in [0.25, 0.3) is 0 Å². The Morgan fingerprint density at radius 3 is 2.48 bits per heavy atom. The van der Waals surface area contributed by atoms with Crippen LogP contribution in [-0.2, 0) is 16.1 Å². The second kappa shape index (κ2) is 7.92. The molecule has 3 aliphatic rings. The molecule has 27 heavy (non-hydrogen) atoms. The maximum Gasteiger partial charge on any atom is 0.219 e. The quantitative estimate of drug-likeness (QED) is 0.768. The van der Waals surface area contributed by atoms with Crippen molar-refractivity contribution in [3.63, 3.8) is 0 Å². The molecule has 2 aliphatic heterocycles. The first-order chi connectivity index (χ1) is 13.0. The molecule has 1 aromatic rings. The number of likely N-dealkylation sites (tertiary alicyclic amines) is 2. The fourth-order valence-electron chi connectivity index (χ4n) is 4.84. The second-order valence-electron chi connectivity index (χ2n) is 9.20. The van der Waals surface area contributed by atoms with Gasteiger partial charge in [0.05, 0.1) is 6.61 Å². The maximum atomic E-state index is 12.0. The van der Waals surface area contributed by atoms with Crippen LogP contribution < -0.4 is 0 Å². The molecule has 148 valence electrons. The summed E-state index contributed by atoms with van der Waals surface area (Å²) in [5.41, 5.74) is 2.98. The van der Waals surface area contributed by atoms with Crippen molar-refractivity contribution in [1.29, 1.82) is 0 Å². The third-order valence-corrected chi connectivity index (χ3v) is 7.01. The number of ether oxygens (including phenoxy) is 1. The molecule has 1 amide bonds. The van der Waals surface area contributed by atoms with E-state index in [1.807, 2.05) is 0 Å². The van der Waals surface area contributed by atoms with Crippen molar-refractivity contribution in [2.75, 3.05) is 39.4 Å². The predicted octanol–water partition coefficient (Wildman–Crippen LogP) is 3.48. The molecule has 0 N–H and O–H groups in total. The van der Waals surface area contributed by atoms with Gasteiger partial charge in [-0.2, -0.15) is 0 Å². The van der Waals surface area contributed by atoms with E-state index in [1.54, 1.807) is 6.92 Å². The lowest BCUT2D eigenvalue weighted by Crippen LogP contribution is -2.45. The molecular formula is C23H34N2O2. The Bertz CT molecular complexity index is 645. The van der Waals surface area contributed by atoms with Crippen molar-refractivity contribution in [2.45, 2.75) is 46.1 Å². The van der Waals surface area contributed by atoms with Crippen LogP contribution in [0.4, 0.5) is 0 Å². The molecule has 4 heteroatoms. The Hall–Kier alpha value is -1.39. The van der Waals surface area contributed by atoms with Gasteiger partial charge in [0, 0.05) is 39.1 Å². The summed E-state index contributed by atoms with van der Waals surface area (Å²) in [5.74, 6) is 1.53. The third-order valence-electron chi connectivity index (χ3n) is 7.01. The SMILES string of the molecule is CC(=O)N1C[C@@H](COCC2CC2)C2(CCN(Cc3ccc(C)cc3)CC2)C1. The van der Waals surface area contributed by atoms with Gasteiger partial charge < -0.3 is 9.64 Å². The third kappa shape index (κ3) is 4.55. The Labute approximate surface area is 163 Å². The lowest BCUT2D eigenvalue weighted by atomic mass is 9.71. The zero-order chi connectivity index (χ0) is 18.9. The summed E-state index contributed by atoms with van der Waals surface area (Å²) in [4.78, 5) is 16.7. The van der Waals surface area contributed by atoms with E-state index in [2.05, 4.69) is 41.0 Å². The van der Waals surface area contributed by atoms with Crippen molar-refractivity contribution >= 4 is 5.91 Å². The van der Waals surface area contributed by atoms with Gasteiger partial charge >= 0.3 is 0 Å². The predicted molar refractivity (Wildman–Crippen MR) is 107 cm³/mol. The van der Waals surface area contributed by atoms with E-state index in [4.69, 9.17) is 4.74 Å². The van der Waals surface area contributed by atoms with E-state index in [9.17, 15) is 4.79 Å². The van der Waals surface area contributed by atoms with Crippen LogP contribution in [0.15, 0.2) is 24.3 Å². The van der Waals surface area contributed by atoms with Gasteiger partial charge in [0.2, 0.25) is 5.91 Å². The highest BCUT2D eigenvalue weighted by molar-refractivity contribution is 5.73. The molecule has 0 radical (unpaired) electrons. The van der Waals surface area contributed by atoms with Crippen molar-refractivity contribution in [3.8, 4) is 0 Å². The minimum absolute atomic E-state index is 0.223. The summed E-state index contributed by atoms with van der Waals surface area (Å²) in [6.45, 7) is 10.7. The number of benzene rings is 1. The van der Waals surface area contributed by atoms with Crippen molar-refractivity contribution in [1.82, 2.24) is 9.80 Å². The zero-order valence-corrected chi connectivity index (χ0v) is 17.0. The minimum Gasteiger partial charge on any atom is -0.381 e. The number of carbonyl (C=O) groups excluding carboxylic acids is 1. The highest BCUT2D eigenvalue weighted by atomic mass is 16.5. The molecule has 1 spiro atoms. The number of amides is 1. The number of hydrogen-bond donors (Lipinski definition) is 0. The van der Waals surface area contributed by atoms with Crippen LogP contribution in [0.5, 0.6) is 0 Å². The molecule has 1 saturated carbocycles. The summed E-state index contributed by atoms with van der Waals surface area (Å²) in [6, 6.07) is 8.91. The van der Waals surface area contributed by atoms with Crippen LogP contribution in [0.3, 0.4) is 0 Å². The number of rotatable bonds is 6. The van der Waals surface area contributed by atoms with E-state index >= 15 is 0 Å². The Morgan fingerprint density at radius 1 is 1.15 bits per heavy atom. The molecule has 0 bridgehead atoms. The van der Waals surface area contributed by atoms with E-state index in [1.165, 1.54) is 36.8 Å². The second-order valence-corrected chi connectivity index (χ2v) is 9.20. The summed E-state index contributed by atoms with van der Waals surface area (Å²) >= 11 is 0. The van der Waals surface area contributed by atoms with Crippen LogP contribution in [0.25, 0.3) is 0 Å². The molecular weight excluding hydrogens is 336 g/mol. The standard InChI is InChI=1S/C23H34N2O2/c1-18-3-5-20(6-4-18)13-24-11-9-23(10-12-24)17-25(19(2)26)14-22(23)16-27-15-21-7-8-21/h3-6,21-22H,7-17H2,1-2H3/t22-/m0/s1. The van der Waals surface area contributed by atoms with Gasteiger partial charge in [-0.3, -0.25) is 9.69 Å². The van der Waals surface area contributed by atoms with E-state index in [-0.39, 0.29) is 11.3 Å². The lowest BCUT2D eigenvalue weighted by Gasteiger charge is -2.42. The van der Waals surface area contributed by atoms with Gasteiger partial charge in [-0.1, -0.05) is 29.8 Å². The summed E-state index contributed by atoms with van der Waals surface area (Å²) < 4.78 is 6.08. The molecule has 0 unspecified atom stereocenters. The molecule has 1 aromatic carbocycles. The van der Waals surface area contributed by atoms with Crippen molar-refractivity contribution in [3.05, 3.63) is 35.4 Å². The minimum atomic E-state index is 0.223. The molecule has 2 heterocycles. The highest BCUT2D eigenvalue weighted by Crippen LogP contribution is 2.45. The van der Waals surface area contributed by atoms with E-state index < -0.39 is 0 Å². The Kier molecular flexibility index (Phi) is 5.56. The number of piperidine rings is 1. The normalized spacial score (nSPS) is 25.3. The maximum absolute atomic E-state index is 12.0. The van der Waals surface area contributed by atoms with Crippen molar-refractivity contribution < 1.29 is 9.53 Å². The fraction of sp³-hybridized carbons (Fsp3) is 0.696. The molecule has 1 atom stereocenters. The molecule has 1 aliphatic carbocycles. The summed E-state index contributed by atoms with van der Waals surface area (Å²) in [7, 11) is 0. The number of nitrogens with zero attached hydrogens (tertiary/aromatic N) is 2. The van der Waals surface area contributed by atoms with Crippen LogP contribution in [-0.4, -0.2) is 55.1 Å². The smallest absolute Gasteiger partial charge is 0.219 e. The zero-order valence-electron chi connectivity index (χ0n) is 17.0. The summed E-state index contributed by atoms with van der Waals surface area (Å²) in [6.07, 6.45) is 5.03. The molecule has 3 fully saturated rings. The largest absolute Gasteiger partial charge is 0.381 e. The number of carbonyl (C=O) groups is 1. The fourth-order valence-corrected chi connectivity index (χ4v) is 4.84. The molecule has 2 saturated heterocycles. The van der Waals surface area contributed by atoms with Gasteiger partial charge in [-0.15, -0.1) is 0 Å². The van der Waals surface area contributed by atoms with Gasteiger partial charge in [-0.25, -0.2) is 0 Å². The Balaban J connectivity index is 1.35. The summed E-state index contributed by atoms with van der Waals surface area (Å²) in [5, 5.41) is 0. The van der Waals surface area contributed by atoms with Gasteiger partial charge in [0.1, 0.15) is 0 Å². The molecule has 4 rings (SSSR count). The van der Waals surface area contributed by atoms with Crippen LogP contribution in [0, 0.1) is 24.2 Å². The highest BCUT2D eigenvalue weighted by Gasteiger charge is 2.48. The number of hydrogen-bond acceptors (Lipinski definition) is 3. The first-order valence-corrected chi connectivity index (χ1v) is 10.7. The first-order valence-electron chi connectivity index (χ1n) is 10.7. The topological polar surface area (TPSA) is 32.8 Å².